The van der Waals surface area contributed by atoms with Crippen molar-refractivity contribution in [3.63, 3.8) is 0 Å². The average Bonchev–Trinajstić information content (AvgIpc) is 3.77. The molecule has 0 radical (unpaired) electrons. The van der Waals surface area contributed by atoms with E-state index >= 15 is 0 Å². The fourth-order valence-corrected chi connectivity index (χ4v) is 6.04. The van der Waals surface area contributed by atoms with Crippen molar-refractivity contribution in [3.8, 4) is 56.0 Å². The maximum atomic E-state index is 11.0. The largest absolute Gasteiger partial charge is 0.507 e. The van der Waals surface area contributed by atoms with Crippen LogP contribution in [0.5, 0.6) is 11.5 Å². The van der Waals surface area contributed by atoms with Crippen molar-refractivity contribution in [1.29, 1.82) is 0 Å². The van der Waals surface area contributed by atoms with Gasteiger partial charge in [0.25, 0.3) is 0 Å². The van der Waals surface area contributed by atoms with E-state index in [1.807, 2.05) is 97.1 Å². The molecule has 0 saturated heterocycles. The number of phenolic OH excluding ortho intramolecular Hbond substituents is 2. The molecule has 8 rings (SSSR count). The highest BCUT2D eigenvalue weighted by atomic mass is 16.5. The summed E-state index contributed by atoms with van der Waals surface area (Å²) in [5, 5.41) is 31.8. The first-order chi connectivity index (χ1) is 22.1. The van der Waals surface area contributed by atoms with Crippen LogP contribution in [0.4, 0.5) is 0 Å². The zero-order valence-corrected chi connectivity index (χ0v) is 24.0. The van der Waals surface area contributed by atoms with Gasteiger partial charge in [-0.25, -0.2) is 0 Å². The van der Waals surface area contributed by atoms with Gasteiger partial charge in [0, 0.05) is 21.9 Å². The highest BCUT2D eigenvalue weighted by molar-refractivity contribution is 5.99. The topological polar surface area (TPSA) is 92.5 Å². The predicted molar refractivity (Wildman–Crippen MR) is 176 cm³/mol. The van der Waals surface area contributed by atoms with E-state index in [-0.39, 0.29) is 11.5 Å². The van der Waals surface area contributed by atoms with Crippen molar-refractivity contribution in [1.82, 2.24) is 10.3 Å². The number of aromatic hydroxyl groups is 2. The molecule has 0 aliphatic carbocycles. The van der Waals surface area contributed by atoms with Crippen LogP contribution in [0, 0.1) is 0 Å². The number of rotatable bonds is 6. The lowest BCUT2D eigenvalue weighted by molar-refractivity contribution is 0.456. The number of aromatic nitrogens is 2. The molecule has 6 heteroatoms. The summed E-state index contributed by atoms with van der Waals surface area (Å²) < 4.78 is 11.1. The van der Waals surface area contributed by atoms with E-state index in [1.54, 1.807) is 24.5 Å². The monoisotopic (exact) mass is 586 g/mol. The molecule has 2 N–H and O–H groups in total. The second kappa shape index (κ2) is 10.8. The van der Waals surface area contributed by atoms with Crippen LogP contribution in [0.1, 0.15) is 11.1 Å². The maximum Gasteiger partial charge on any atom is 0.168 e. The number of hydrogen-bond acceptors (Lipinski definition) is 6. The fourth-order valence-electron chi connectivity index (χ4n) is 6.04. The quantitative estimate of drug-likeness (QED) is 0.202. The van der Waals surface area contributed by atoms with E-state index in [9.17, 15) is 10.2 Å². The molecule has 0 atom stereocenters. The van der Waals surface area contributed by atoms with E-state index in [4.69, 9.17) is 9.05 Å². The van der Waals surface area contributed by atoms with E-state index in [0.717, 1.165) is 55.3 Å². The Kier molecular flexibility index (Phi) is 6.38. The summed E-state index contributed by atoms with van der Waals surface area (Å²) in [5.74, 6) is 0.343. The van der Waals surface area contributed by atoms with Crippen molar-refractivity contribution in [2.24, 2.45) is 0 Å². The summed E-state index contributed by atoms with van der Waals surface area (Å²) in [6, 6.07) is 39.5. The molecule has 0 aliphatic rings. The maximum absolute atomic E-state index is 11.0. The first-order valence-corrected chi connectivity index (χ1v) is 14.6. The van der Waals surface area contributed by atoms with Crippen molar-refractivity contribution < 1.29 is 19.3 Å². The Morgan fingerprint density at radius 1 is 0.444 bits per heavy atom. The van der Waals surface area contributed by atoms with E-state index in [0.29, 0.717) is 28.7 Å². The fraction of sp³-hybridized carbons (Fsp3) is 0.0256. The molecule has 8 aromatic rings. The Morgan fingerprint density at radius 2 is 0.889 bits per heavy atom. The summed E-state index contributed by atoms with van der Waals surface area (Å²) in [4.78, 5) is 0. The third-order valence-corrected chi connectivity index (χ3v) is 8.27. The number of hydrogen-bond donors (Lipinski definition) is 2. The van der Waals surface area contributed by atoms with Crippen LogP contribution in [0.15, 0.2) is 143 Å². The highest BCUT2D eigenvalue weighted by Crippen LogP contribution is 2.41. The molecular weight excluding hydrogens is 560 g/mol. The number of phenols is 2. The van der Waals surface area contributed by atoms with Crippen molar-refractivity contribution in [3.05, 3.63) is 145 Å². The number of fused-ring (bicyclic) bond motifs is 2. The van der Waals surface area contributed by atoms with Crippen LogP contribution >= 0.6 is 0 Å². The van der Waals surface area contributed by atoms with Crippen molar-refractivity contribution >= 4 is 21.9 Å². The van der Waals surface area contributed by atoms with Gasteiger partial charge in [0.15, 0.2) is 11.2 Å². The van der Waals surface area contributed by atoms with Crippen LogP contribution in [0.3, 0.4) is 0 Å². The molecule has 0 unspecified atom stereocenters. The third kappa shape index (κ3) is 4.88. The van der Waals surface area contributed by atoms with Crippen LogP contribution in [0.25, 0.3) is 66.4 Å². The molecule has 2 heterocycles. The predicted octanol–water partition coefficient (Wildman–Crippen LogP) is 9.64. The van der Waals surface area contributed by atoms with Gasteiger partial charge in [0.05, 0.1) is 12.4 Å². The smallest absolute Gasteiger partial charge is 0.168 e. The molecule has 0 aliphatic heterocycles. The minimum Gasteiger partial charge on any atom is -0.507 e. The van der Waals surface area contributed by atoms with Crippen LogP contribution in [0.2, 0.25) is 0 Å². The second-order valence-electron chi connectivity index (χ2n) is 11.1. The Hall–Kier alpha value is -6.14. The van der Waals surface area contributed by atoms with Gasteiger partial charge < -0.3 is 19.3 Å². The minimum atomic E-state index is 0.172. The number of nitrogens with zero attached hydrogens (tertiary/aromatic N) is 2. The zero-order valence-electron chi connectivity index (χ0n) is 24.0. The van der Waals surface area contributed by atoms with Gasteiger partial charge in [-0.3, -0.25) is 0 Å². The summed E-state index contributed by atoms with van der Waals surface area (Å²) in [7, 11) is 0. The summed E-state index contributed by atoms with van der Waals surface area (Å²) in [5.41, 5.74) is 10.4. The lowest BCUT2D eigenvalue weighted by Gasteiger charge is -2.13. The molecule has 6 nitrogen and oxygen atoms in total. The molecule has 0 spiro atoms. The molecule has 6 aromatic carbocycles. The molecular formula is C39H26N2O4. The van der Waals surface area contributed by atoms with Gasteiger partial charge in [-0.15, -0.1) is 0 Å². The Balaban J connectivity index is 1.19. The average molecular weight is 587 g/mol. The van der Waals surface area contributed by atoms with E-state index in [1.165, 1.54) is 0 Å². The third-order valence-electron chi connectivity index (χ3n) is 8.27. The van der Waals surface area contributed by atoms with Gasteiger partial charge in [0.2, 0.25) is 0 Å². The van der Waals surface area contributed by atoms with Gasteiger partial charge in [-0.2, -0.15) is 0 Å². The van der Waals surface area contributed by atoms with E-state index in [2.05, 4.69) is 22.4 Å². The molecule has 0 bridgehead atoms. The summed E-state index contributed by atoms with van der Waals surface area (Å²) in [6.07, 6.45) is 3.95. The van der Waals surface area contributed by atoms with Crippen LogP contribution < -0.4 is 0 Å². The van der Waals surface area contributed by atoms with Crippen molar-refractivity contribution in [2.75, 3.05) is 0 Å². The second-order valence-corrected chi connectivity index (χ2v) is 11.1. The zero-order chi connectivity index (χ0) is 30.3. The van der Waals surface area contributed by atoms with E-state index < -0.39 is 0 Å². The Bertz CT molecular complexity index is 2160. The van der Waals surface area contributed by atoms with Gasteiger partial charge in [0.1, 0.15) is 11.5 Å². The lowest BCUT2D eigenvalue weighted by atomic mass is 9.92. The minimum absolute atomic E-state index is 0.172. The molecule has 216 valence electrons. The number of benzene rings is 6. The molecule has 0 fully saturated rings. The highest BCUT2D eigenvalue weighted by Gasteiger charge is 2.17. The van der Waals surface area contributed by atoms with Crippen molar-refractivity contribution in [2.45, 2.75) is 6.42 Å². The van der Waals surface area contributed by atoms with Crippen LogP contribution in [-0.2, 0) is 6.42 Å². The molecule has 45 heavy (non-hydrogen) atoms. The first-order valence-electron chi connectivity index (χ1n) is 14.6. The summed E-state index contributed by atoms with van der Waals surface area (Å²) in [6.45, 7) is 0. The molecule has 0 amide bonds. The first kappa shape index (κ1) is 26.5. The normalized spacial score (nSPS) is 11.4. The van der Waals surface area contributed by atoms with Gasteiger partial charge in [-0.05, 0) is 99.5 Å². The van der Waals surface area contributed by atoms with Crippen LogP contribution in [-0.4, -0.2) is 20.5 Å². The Labute approximate surface area is 258 Å². The molecule has 2 aromatic heterocycles. The summed E-state index contributed by atoms with van der Waals surface area (Å²) >= 11 is 0. The lowest BCUT2D eigenvalue weighted by Crippen LogP contribution is -1.92. The van der Waals surface area contributed by atoms with Gasteiger partial charge in [-0.1, -0.05) is 83.1 Å². The SMILES string of the molecule is Oc1ccc(Cc2ccc(O)c(-c3cc(-c4ccccc4)cc4oncc34)c2)cc1-c1cc(-c2ccccc2)cc2oncc12. The standard InChI is InChI=1S/C39H26N2O4/c42-36-13-11-24(16-32(36)30-18-28(26-7-3-1-4-8-26)20-38-34(30)22-40-44-38)15-25-12-14-37(43)33(17-25)31-19-29(27-9-5-2-6-10-27)21-39-35(31)23-41-45-39/h1-14,16-23,42-43H,15H2. The molecule has 0 saturated carbocycles. The Morgan fingerprint density at radius 3 is 1.33 bits per heavy atom. The van der Waals surface area contributed by atoms with Gasteiger partial charge >= 0.3 is 0 Å².